The molecule has 1 heterocycles. The Morgan fingerprint density at radius 2 is 2.05 bits per heavy atom. The van der Waals surface area contributed by atoms with Crippen LogP contribution in [-0.2, 0) is 0 Å². The van der Waals surface area contributed by atoms with Crippen molar-refractivity contribution in [2.45, 2.75) is 39.7 Å². The largest absolute Gasteiger partial charge is 0.490 e. The zero-order valence-corrected chi connectivity index (χ0v) is 13.1. The third kappa shape index (κ3) is 4.52. The molecule has 114 valence electrons. The van der Waals surface area contributed by atoms with Crippen LogP contribution in [0.1, 0.15) is 34.1 Å². The number of hydrogen-bond donors (Lipinski definition) is 2. The smallest absolute Gasteiger partial charge is 0.204 e. The van der Waals surface area contributed by atoms with Crippen molar-refractivity contribution in [1.82, 2.24) is 9.97 Å². The van der Waals surface area contributed by atoms with Crippen LogP contribution in [0.15, 0.2) is 6.33 Å². The van der Waals surface area contributed by atoms with E-state index in [9.17, 15) is 5.11 Å². The van der Waals surface area contributed by atoms with Crippen LogP contribution in [0.5, 0.6) is 5.75 Å². The first-order chi connectivity index (χ1) is 9.42. The molecule has 6 nitrogen and oxygen atoms in total. The van der Waals surface area contributed by atoms with Gasteiger partial charge in [-0.2, -0.15) is 0 Å². The van der Waals surface area contributed by atoms with E-state index in [0.717, 1.165) is 19.5 Å². The Kier molecular flexibility index (Phi) is 6.01. The van der Waals surface area contributed by atoms with Crippen molar-refractivity contribution in [3.63, 3.8) is 0 Å². The summed E-state index contributed by atoms with van der Waals surface area (Å²) < 4.78 is 5.46. The first-order valence-corrected chi connectivity index (χ1v) is 7.03. The van der Waals surface area contributed by atoms with Gasteiger partial charge in [-0.3, -0.25) is 0 Å². The number of hydrogen-bond acceptors (Lipinski definition) is 6. The van der Waals surface area contributed by atoms with Gasteiger partial charge < -0.3 is 20.1 Å². The molecular weight excluding hydrogens is 256 g/mol. The average Bonchev–Trinajstić information content (AvgIpc) is 2.41. The molecular formula is C14H26N4O2. The minimum atomic E-state index is -0.803. The van der Waals surface area contributed by atoms with Gasteiger partial charge >= 0.3 is 0 Å². The Hall–Kier alpha value is -1.56. The molecule has 0 bridgehead atoms. The van der Waals surface area contributed by atoms with E-state index in [4.69, 9.17) is 4.74 Å². The van der Waals surface area contributed by atoms with Gasteiger partial charge in [-0.15, -0.1) is 0 Å². The second kappa shape index (κ2) is 7.28. The van der Waals surface area contributed by atoms with E-state index in [0.29, 0.717) is 23.9 Å². The normalized spacial score (nSPS) is 11.3. The third-order valence-corrected chi connectivity index (χ3v) is 2.79. The molecule has 0 saturated carbocycles. The SMILES string of the molecule is CCCNc1ncnc(N(CC)CC(C)(C)O)c1OC. The van der Waals surface area contributed by atoms with Crippen molar-refractivity contribution in [2.24, 2.45) is 0 Å². The molecule has 0 fully saturated rings. The molecule has 2 N–H and O–H groups in total. The molecule has 0 aliphatic heterocycles. The van der Waals surface area contributed by atoms with Gasteiger partial charge in [0.25, 0.3) is 0 Å². The number of nitrogens with one attached hydrogen (secondary N) is 1. The van der Waals surface area contributed by atoms with Crippen LogP contribution >= 0.6 is 0 Å². The minimum Gasteiger partial charge on any atom is -0.490 e. The summed E-state index contributed by atoms with van der Waals surface area (Å²) in [6.07, 6.45) is 2.52. The first-order valence-electron chi connectivity index (χ1n) is 7.03. The molecule has 0 radical (unpaired) electrons. The maximum Gasteiger partial charge on any atom is 0.204 e. The van der Waals surface area contributed by atoms with E-state index < -0.39 is 5.60 Å². The zero-order valence-electron chi connectivity index (χ0n) is 13.1. The molecule has 0 spiro atoms. The van der Waals surface area contributed by atoms with E-state index >= 15 is 0 Å². The second-order valence-electron chi connectivity index (χ2n) is 5.33. The minimum absolute atomic E-state index is 0.476. The molecule has 0 aromatic carbocycles. The van der Waals surface area contributed by atoms with E-state index in [2.05, 4.69) is 22.2 Å². The van der Waals surface area contributed by atoms with E-state index in [1.165, 1.54) is 6.33 Å². The van der Waals surface area contributed by atoms with Gasteiger partial charge in [-0.25, -0.2) is 9.97 Å². The molecule has 0 aliphatic rings. The third-order valence-electron chi connectivity index (χ3n) is 2.79. The summed E-state index contributed by atoms with van der Waals surface area (Å²) in [6, 6.07) is 0. The Bertz CT molecular complexity index is 418. The van der Waals surface area contributed by atoms with Crippen LogP contribution in [-0.4, -0.2) is 47.4 Å². The highest BCUT2D eigenvalue weighted by atomic mass is 16.5. The Labute approximate surface area is 121 Å². The maximum absolute atomic E-state index is 10.0. The summed E-state index contributed by atoms with van der Waals surface area (Å²) >= 11 is 0. The number of likely N-dealkylation sites (N-methyl/N-ethyl adjacent to an activating group) is 1. The second-order valence-corrected chi connectivity index (χ2v) is 5.33. The molecule has 0 atom stereocenters. The highest BCUT2D eigenvalue weighted by Gasteiger charge is 2.22. The lowest BCUT2D eigenvalue weighted by atomic mass is 10.1. The molecule has 1 rings (SSSR count). The predicted molar refractivity (Wildman–Crippen MR) is 81.5 cm³/mol. The van der Waals surface area contributed by atoms with Gasteiger partial charge in [0.1, 0.15) is 6.33 Å². The van der Waals surface area contributed by atoms with Gasteiger partial charge in [0.2, 0.25) is 5.75 Å². The van der Waals surface area contributed by atoms with Crippen molar-refractivity contribution in [3.05, 3.63) is 6.33 Å². The molecule has 1 aromatic heterocycles. The van der Waals surface area contributed by atoms with E-state index in [1.807, 2.05) is 11.8 Å². The fourth-order valence-electron chi connectivity index (χ4n) is 1.95. The number of aliphatic hydroxyl groups is 1. The summed E-state index contributed by atoms with van der Waals surface area (Å²) in [4.78, 5) is 10.5. The summed E-state index contributed by atoms with van der Waals surface area (Å²) in [5.41, 5.74) is -0.803. The zero-order chi connectivity index (χ0) is 15.2. The Morgan fingerprint density at radius 1 is 1.35 bits per heavy atom. The first kappa shape index (κ1) is 16.5. The summed E-state index contributed by atoms with van der Waals surface area (Å²) in [6.45, 7) is 9.69. The van der Waals surface area contributed by atoms with E-state index in [1.54, 1.807) is 21.0 Å². The van der Waals surface area contributed by atoms with Crippen LogP contribution in [0.2, 0.25) is 0 Å². The fourth-order valence-corrected chi connectivity index (χ4v) is 1.95. The molecule has 0 aliphatic carbocycles. The lowest BCUT2D eigenvalue weighted by Crippen LogP contribution is -2.39. The van der Waals surface area contributed by atoms with Gasteiger partial charge in [0.15, 0.2) is 11.6 Å². The summed E-state index contributed by atoms with van der Waals surface area (Å²) in [5, 5.41) is 13.2. The van der Waals surface area contributed by atoms with Crippen molar-refractivity contribution >= 4 is 11.6 Å². The fraction of sp³-hybridized carbons (Fsp3) is 0.714. The number of rotatable bonds is 8. The standard InChI is InChI=1S/C14H26N4O2/c1-6-8-15-12-11(20-5)13(17-10-16-12)18(7-2)9-14(3,4)19/h10,19H,6-9H2,1-5H3,(H,15,16,17). The van der Waals surface area contributed by atoms with Crippen molar-refractivity contribution < 1.29 is 9.84 Å². The highest BCUT2D eigenvalue weighted by molar-refractivity contribution is 5.64. The molecule has 6 heteroatoms. The summed E-state index contributed by atoms with van der Waals surface area (Å²) in [7, 11) is 1.61. The average molecular weight is 282 g/mol. The van der Waals surface area contributed by atoms with Crippen molar-refractivity contribution in [2.75, 3.05) is 37.0 Å². The van der Waals surface area contributed by atoms with Gasteiger partial charge in [0.05, 0.1) is 12.7 Å². The summed E-state index contributed by atoms with van der Waals surface area (Å²) in [5.74, 6) is 2.01. The van der Waals surface area contributed by atoms with Crippen LogP contribution in [0.4, 0.5) is 11.6 Å². The number of ether oxygens (including phenoxy) is 1. The quantitative estimate of drug-likeness (QED) is 0.759. The molecule has 1 aromatic rings. The van der Waals surface area contributed by atoms with E-state index in [-0.39, 0.29) is 0 Å². The molecule has 20 heavy (non-hydrogen) atoms. The Morgan fingerprint density at radius 3 is 2.55 bits per heavy atom. The number of aromatic nitrogens is 2. The highest BCUT2D eigenvalue weighted by Crippen LogP contribution is 2.32. The van der Waals surface area contributed by atoms with Gasteiger partial charge in [-0.05, 0) is 27.2 Å². The monoisotopic (exact) mass is 282 g/mol. The van der Waals surface area contributed by atoms with Crippen LogP contribution in [0, 0.1) is 0 Å². The predicted octanol–water partition coefficient (Wildman–Crippen LogP) is 1.90. The molecule has 0 saturated heterocycles. The lowest BCUT2D eigenvalue weighted by Gasteiger charge is -2.30. The van der Waals surface area contributed by atoms with Gasteiger partial charge in [0, 0.05) is 19.6 Å². The van der Waals surface area contributed by atoms with Crippen molar-refractivity contribution in [3.8, 4) is 5.75 Å². The van der Waals surface area contributed by atoms with Crippen molar-refractivity contribution in [1.29, 1.82) is 0 Å². The number of nitrogens with zero attached hydrogens (tertiary/aromatic N) is 3. The lowest BCUT2D eigenvalue weighted by molar-refractivity contribution is 0.0873. The van der Waals surface area contributed by atoms with Crippen LogP contribution in [0.25, 0.3) is 0 Å². The van der Waals surface area contributed by atoms with Gasteiger partial charge in [-0.1, -0.05) is 6.92 Å². The Balaban J connectivity index is 3.08. The van der Waals surface area contributed by atoms with Crippen LogP contribution in [0.3, 0.4) is 0 Å². The topological polar surface area (TPSA) is 70.5 Å². The maximum atomic E-state index is 10.0. The molecule has 0 unspecified atom stereocenters. The number of anilines is 2. The molecule has 0 amide bonds. The van der Waals surface area contributed by atoms with Crippen LogP contribution < -0.4 is 15.0 Å². The number of methoxy groups -OCH3 is 1.